The molecule has 2 heteroatoms. The van der Waals surface area contributed by atoms with E-state index in [0.29, 0.717) is 0 Å². The fourth-order valence-corrected chi connectivity index (χ4v) is 2.22. The Labute approximate surface area is 88.9 Å². The van der Waals surface area contributed by atoms with E-state index in [4.69, 9.17) is 0 Å². The van der Waals surface area contributed by atoms with Crippen LogP contribution < -0.4 is 0 Å². The van der Waals surface area contributed by atoms with Gasteiger partial charge in [0.1, 0.15) is 0 Å². The highest BCUT2D eigenvalue weighted by atomic mass is 79.9. The summed E-state index contributed by atoms with van der Waals surface area (Å²) in [5, 5.41) is 0. The first-order valence-electron chi connectivity index (χ1n) is 3.76. The Morgan fingerprint density at radius 2 is 2.00 bits per heavy atom. The summed E-state index contributed by atoms with van der Waals surface area (Å²) < 4.78 is 2.31. The van der Waals surface area contributed by atoms with Gasteiger partial charge in [-0.2, -0.15) is 0 Å². The Bertz CT molecular complexity index is 340. The van der Waals surface area contributed by atoms with Gasteiger partial charge >= 0.3 is 0 Å². The van der Waals surface area contributed by atoms with Crippen molar-refractivity contribution in [3.8, 4) is 0 Å². The maximum atomic E-state index is 3.57. The van der Waals surface area contributed by atoms with Crippen LogP contribution in [0.15, 0.2) is 33.2 Å². The second-order valence-electron chi connectivity index (χ2n) is 2.73. The van der Waals surface area contributed by atoms with Gasteiger partial charge in [0.25, 0.3) is 0 Å². The number of benzene rings is 1. The van der Waals surface area contributed by atoms with E-state index >= 15 is 0 Å². The van der Waals surface area contributed by atoms with Crippen molar-refractivity contribution in [3.63, 3.8) is 0 Å². The lowest BCUT2D eigenvalue weighted by atomic mass is 9.97. The van der Waals surface area contributed by atoms with Crippen LogP contribution in [0.2, 0.25) is 0 Å². The van der Waals surface area contributed by atoms with Crippen molar-refractivity contribution in [2.45, 2.75) is 6.42 Å². The Kier molecular flexibility index (Phi) is 2.37. The van der Waals surface area contributed by atoms with Gasteiger partial charge in [-0.05, 0) is 55.5 Å². The first kappa shape index (κ1) is 8.52. The van der Waals surface area contributed by atoms with E-state index in [2.05, 4.69) is 62.6 Å². The number of hydrogen-bond donors (Lipinski definition) is 0. The van der Waals surface area contributed by atoms with E-state index in [1.165, 1.54) is 15.6 Å². The number of hydrogen-bond acceptors (Lipinski definition) is 0. The molecule has 61 valence electrons. The molecule has 0 aliphatic heterocycles. The van der Waals surface area contributed by atoms with Crippen molar-refractivity contribution in [2.24, 2.45) is 0 Å². The summed E-state index contributed by atoms with van der Waals surface area (Å²) in [6, 6.07) is 4.20. The normalized spacial score (nSPS) is 14.5. The molecule has 0 aromatic heterocycles. The molecule has 2 rings (SSSR count). The minimum atomic E-state index is 1.02. The van der Waals surface area contributed by atoms with Crippen LogP contribution in [0.25, 0.3) is 0 Å². The molecule has 0 heterocycles. The van der Waals surface area contributed by atoms with Gasteiger partial charge < -0.3 is 0 Å². The average Bonchev–Trinajstić information content (AvgIpc) is 2.12. The highest BCUT2D eigenvalue weighted by molar-refractivity contribution is 9.13. The zero-order chi connectivity index (χ0) is 8.55. The average molecular weight is 287 g/mol. The molecule has 1 aliphatic rings. The SMILES string of the molecule is Brc1ccc2c(c1Br)CC=C[CH]2. The quantitative estimate of drug-likeness (QED) is 0.679. The van der Waals surface area contributed by atoms with Gasteiger partial charge in [0.05, 0.1) is 0 Å². The Hall–Kier alpha value is -0.0800. The van der Waals surface area contributed by atoms with E-state index in [-0.39, 0.29) is 0 Å². The third-order valence-electron chi connectivity index (χ3n) is 1.97. The summed E-state index contributed by atoms with van der Waals surface area (Å²) in [6.45, 7) is 0. The predicted molar refractivity (Wildman–Crippen MR) is 58.1 cm³/mol. The third-order valence-corrected chi connectivity index (χ3v) is 4.06. The maximum Gasteiger partial charge on any atom is 0.0355 e. The van der Waals surface area contributed by atoms with Crippen LogP contribution in [0.3, 0.4) is 0 Å². The van der Waals surface area contributed by atoms with Gasteiger partial charge in [0.2, 0.25) is 0 Å². The largest absolute Gasteiger partial charge is 0.0834 e. The molecular weight excluding hydrogens is 280 g/mol. The molecule has 12 heavy (non-hydrogen) atoms. The number of rotatable bonds is 0. The van der Waals surface area contributed by atoms with Crippen molar-refractivity contribution in [2.75, 3.05) is 0 Å². The summed E-state index contributed by atoms with van der Waals surface area (Å²) in [7, 11) is 0. The van der Waals surface area contributed by atoms with Gasteiger partial charge in [-0.3, -0.25) is 0 Å². The lowest BCUT2D eigenvalue weighted by Gasteiger charge is -2.13. The first-order valence-corrected chi connectivity index (χ1v) is 5.34. The van der Waals surface area contributed by atoms with Crippen LogP contribution in [0.1, 0.15) is 11.1 Å². The second-order valence-corrected chi connectivity index (χ2v) is 4.38. The summed E-state index contributed by atoms with van der Waals surface area (Å²) in [5.41, 5.74) is 2.68. The Morgan fingerprint density at radius 1 is 1.17 bits per heavy atom. The van der Waals surface area contributed by atoms with E-state index in [1.54, 1.807) is 0 Å². The highest BCUT2D eigenvalue weighted by Crippen LogP contribution is 2.32. The zero-order valence-corrected chi connectivity index (χ0v) is 9.52. The minimum absolute atomic E-state index is 1.02. The van der Waals surface area contributed by atoms with Crippen LogP contribution in [0.4, 0.5) is 0 Å². The summed E-state index contributed by atoms with van der Waals surface area (Å²) in [6.07, 6.45) is 7.42. The Morgan fingerprint density at radius 3 is 2.83 bits per heavy atom. The second kappa shape index (κ2) is 3.35. The fourth-order valence-electron chi connectivity index (χ4n) is 1.33. The molecule has 1 aromatic rings. The smallest absolute Gasteiger partial charge is 0.0355 e. The van der Waals surface area contributed by atoms with Crippen LogP contribution in [0, 0.1) is 6.42 Å². The Balaban J connectivity index is 2.58. The fraction of sp³-hybridized carbons (Fsp3) is 0.100. The summed E-state index contributed by atoms with van der Waals surface area (Å²) in [5.74, 6) is 0. The van der Waals surface area contributed by atoms with Gasteiger partial charge in [-0.1, -0.05) is 18.2 Å². The monoisotopic (exact) mass is 285 g/mol. The van der Waals surface area contributed by atoms with Crippen molar-refractivity contribution in [1.29, 1.82) is 0 Å². The third kappa shape index (κ3) is 1.38. The van der Waals surface area contributed by atoms with Crippen molar-refractivity contribution < 1.29 is 0 Å². The molecule has 0 fully saturated rings. The summed E-state index contributed by atoms with van der Waals surface area (Å²) in [4.78, 5) is 0. The molecule has 1 aliphatic carbocycles. The molecule has 0 N–H and O–H groups in total. The predicted octanol–water partition coefficient (Wildman–Crippen LogP) is 3.88. The standard InChI is InChI=1S/C10H7Br2/c11-9-6-5-7-3-1-2-4-8(7)10(9)12/h1-3,5-6H,4H2. The molecule has 0 saturated carbocycles. The van der Waals surface area contributed by atoms with Crippen LogP contribution in [-0.2, 0) is 6.42 Å². The molecule has 0 atom stereocenters. The summed E-state index contributed by atoms with van der Waals surface area (Å²) >= 11 is 7.05. The number of halogens is 2. The first-order chi connectivity index (χ1) is 5.79. The van der Waals surface area contributed by atoms with Crippen LogP contribution in [-0.4, -0.2) is 0 Å². The van der Waals surface area contributed by atoms with E-state index in [9.17, 15) is 0 Å². The van der Waals surface area contributed by atoms with Crippen molar-refractivity contribution in [3.05, 3.63) is 50.8 Å². The molecule has 0 unspecified atom stereocenters. The maximum absolute atomic E-state index is 3.57. The zero-order valence-electron chi connectivity index (χ0n) is 6.35. The van der Waals surface area contributed by atoms with Crippen LogP contribution in [0.5, 0.6) is 0 Å². The topological polar surface area (TPSA) is 0 Å². The van der Waals surface area contributed by atoms with Crippen molar-refractivity contribution >= 4 is 31.9 Å². The van der Waals surface area contributed by atoms with E-state index in [1.807, 2.05) is 0 Å². The number of allylic oxidation sites excluding steroid dienone is 2. The lowest BCUT2D eigenvalue weighted by molar-refractivity contribution is 1.17. The van der Waals surface area contributed by atoms with Gasteiger partial charge in [0.15, 0.2) is 0 Å². The molecule has 0 amide bonds. The molecule has 0 spiro atoms. The molecule has 0 saturated heterocycles. The van der Waals surface area contributed by atoms with Gasteiger partial charge in [0, 0.05) is 15.4 Å². The molecular formula is C10H7Br2. The molecule has 0 nitrogen and oxygen atoms in total. The van der Waals surface area contributed by atoms with Crippen molar-refractivity contribution in [1.82, 2.24) is 0 Å². The van der Waals surface area contributed by atoms with E-state index in [0.717, 1.165) is 10.9 Å². The van der Waals surface area contributed by atoms with Gasteiger partial charge in [-0.15, -0.1) is 0 Å². The highest BCUT2D eigenvalue weighted by Gasteiger charge is 2.10. The van der Waals surface area contributed by atoms with E-state index < -0.39 is 0 Å². The van der Waals surface area contributed by atoms with Gasteiger partial charge in [-0.25, -0.2) is 0 Å². The molecule has 1 aromatic carbocycles. The molecule has 1 radical (unpaired) electrons. The molecule has 0 bridgehead atoms. The minimum Gasteiger partial charge on any atom is -0.0834 e. The lowest BCUT2D eigenvalue weighted by Crippen LogP contribution is -1.96. The van der Waals surface area contributed by atoms with Crippen LogP contribution >= 0.6 is 31.9 Å². The number of fused-ring (bicyclic) bond motifs is 1.